The molecule has 0 spiro atoms. The molecule has 1 aromatic carbocycles. The molecule has 46 heavy (non-hydrogen) atoms. The fourth-order valence-corrected chi connectivity index (χ4v) is 8.16. The third kappa shape index (κ3) is 5.97. The van der Waals surface area contributed by atoms with Gasteiger partial charge < -0.3 is 31.7 Å². The molecular weight excluding hydrogens is 663 g/mol. The first-order valence-electron chi connectivity index (χ1n) is 13.6. The summed E-state index contributed by atoms with van der Waals surface area (Å²) in [6.45, 7) is 1.94. The van der Waals surface area contributed by atoms with Crippen LogP contribution in [0.2, 0.25) is 0 Å². The maximum Gasteiger partial charge on any atom is 0.352 e. The first-order valence-corrected chi connectivity index (χ1v) is 16.5. The van der Waals surface area contributed by atoms with Crippen LogP contribution in [0.3, 0.4) is 0 Å². The minimum atomic E-state index is -2.07. The number of fused-ring (bicyclic) bond motifs is 1. The number of carbonyl (C=O) groups is 7. The molecule has 20 heteroatoms. The molecule has 17 nitrogen and oxygen atoms in total. The fraction of sp³-hybridized carbons (Fsp3) is 0.346. The molecule has 7 amide bonds. The smallest absolute Gasteiger partial charge is 0.352 e. The van der Waals surface area contributed by atoms with Crippen LogP contribution in [-0.4, -0.2) is 114 Å². The first kappa shape index (κ1) is 32.7. The lowest BCUT2D eigenvalue weighted by atomic mass is 9.94. The van der Waals surface area contributed by atoms with Crippen molar-refractivity contribution in [3.05, 3.63) is 46.6 Å². The Labute approximate surface area is 273 Å². The van der Waals surface area contributed by atoms with Gasteiger partial charge in [0.05, 0.1) is 0 Å². The molecule has 6 N–H and O–H groups in total. The van der Waals surface area contributed by atoms with Crippen molar-refractivity contribution in [1.29, 1.82) is 0 Å². The number of likely N-dealkylation sites (N-methyl/N-ethyl adjacent to an activating group) is 1. The summed E-state index contributed by atoms with van der Waals surface area (Å²) in [5.41, 5.74) is 5.97. The molecule has 2 saturated heterocycles. The summed E-state index contributed by atoms with van der Waals surface area (Å²) in [6, 6.07) is 3.25. The van der Waals surface area contributed by atoms with Crippen LogP contribution < -0.4 is 21.7 Å². The van der Waals surface area contributed by atoms with Crippen molar-refractivity contribution in [2.45, 2.75) is 28.3 Å². The second kappa shape index (κ2) is 13.3. The monoisotopic (exact) mass is 689 g/mol. The molecule has 0 bridgehead atoms. The van der Waals surface area contributed by atoms with E-state index in [1.807, 2.05) is 0 Å². The number of thioether (sulfide) groups is 2. The van der Waals surface area contributed by atoms with E-state index in [9.17, 15) is 38.7 Å². The summed E-state index contributed by atoms with van der Waals surface area (Å²) in [5.74, 6) is -4.84. The van der Waals surface area contributed by atoms with E-state index in [1.165, 1.54) is 57.8 Å². The maximum atomic E-state index is 13.9. The summed E-state index contributed by atoms with van der Waals surface area (Å²) in [7, 11) is 0. The van der Waals surface area contributed by atoms with Crippen molar-refractivity contribution < 1.29 is 38.7 Å². The molecule has 1 aromatic heterocycles. The van der Waals surface area contributed by atoms with Gasteiger partial charge in [0.25, 0.3) is 5.91 Å². The van der Waals surface area contributed by atoms with Gasteiger partial charge in [-0.25, -0.2) is 9.59 Å². The Morgan fingerprint density at radius 2 is 1.93 bits per heavy atom. The van der Waals surface area contributed by atoms with Gasteiger partial charge in [0.15, 0.2) is 4.34 Å². The van der Waals surface area contributed by atoms with E-state index in [4.69, 9.17) is 5.73 Å². The topological polar surface area (TPSA) is 237 Å². The Hall–Kier alpha value is -4.69. The Balaban J connectivity index is 1.40. The van der Waals surface area contributed by atoms with Crippen LogP contribution in [0.4, 0.5) is 10.5 Å². The number of aliphatic carboxylic acids is 1. The number of carbonyl (C=O) groups excluding carboxylic acids is 6. The number of aromatic nitrogens is 2. The Morgan fingerprint density at radius 3 is 2.57 bits per heavy atom. The van der Waals surface area contributed by atoms with Crippen LogP contribution in [-0.2, 0) is 28.8 Å². The number of rotatable bonds is 11. The highest BCUT2D eigenvalue weighted by molar-refractivity contribution is 8.01. The van der Waals surface area contributed by atoms with Crippen LogP contribution in [0.5, 0.6) is 0 Å². The van der Waals surface area contributed by atoms with Gasteiger partial charge in [0.2, 0.25) is 18.0 Å². The molecule has 4 heterocycles. The molecular formula is C26H27N9O8S3. The Kier molecular flexibility index (Phi) is 9.49. The number of anilines is 1. The molecule has 242 valence electrons. The predicted molar refractivity (Wildman–Crippen MR) is 165 cm³/mol. The number of hydrogen-bond acceptors (Lipinski definition) is 13. The van der Waals surface area contributed by atoms with Gasteiger partial charge in [0, 0.05) is 36.8 Å². The number of carboxylic acids is 1. The van der Waals surface area contributed by atoms with Gasteiger partial charge in [-0.05, 0) is 30.2 Å². The van der Waals surface area contributed by atoms with E-state index in [0.717, 1.165) is 16.7 Å². The third-order valence-electron chi connectivity index (χ3n) is 7.41. The highest BCUT2D eigenvalue weighted by Crippen LogP contribution is 2.46. The minimum absolute atomic E-state index is 0.101. The van der Waals surface area contributed by atoms with Crippen LogP contribution >= 0.6 is 34.9 Å². The second-order valence-corrected chi connectivity index (χ2v) is 13.2. The quantitative estimate of drug-likeness (QED) is 0.0484. The molecule has 2 aromatic rings. The normalized spacial score (nSPS) is 21.7. The van der Waals surface area contributed by atoms with Gasteiger partial charge in [-0.15, -0.1) is 22.0 Å². The zero-order valence-corrected chi connectivity index (χ0v) is 26.4. The molecule has 2 fully saturated rings. The summed E-state index contributed by atoms with van der Waals surface area (Å²) >= 11 is 3.66. The predicted octanol–water partition coefficient (Wildman–Crippen LogP) is -0.834. The Morgan fingerprint density at radius 1 is 1.20 bits per heavy atom. The highest BCUT2D eigenvalue weighted by atomic mass is 32.2. The number of nitrogen functional groups attached to an aromatic ring is 1. The number of nitrogens with one attached hydrogen (secondary N) is 3. The fourth-order valence-electron chi connectivity index (χ4n) is 5.11. The number of imide groups is 1. The summed E-state index contributed by atoms with van der Waals surface area (Å²) in [6.07, 6.45) is 0.204. The van der Waals surface area contributed by atoms with Gasteiger partial charge >= 0.3 is 23.8 Å². The number of amides is 7. The summed E-state index contributed by atoms with van der Waals surface area (Å²) in [4.78, 5) is 93.0. The molecule has 5 rings (SSSR count). The van der Waals surface area contributed by atoms with Crippen molar-refractivity contribution >= 4 is 82.6 Å². The first-order chi connectivity index (χ1) is 22.0. The van der Waals surface area contributed by atoms with Crippen molar-refractivity contribution in [2.24, 2.45) is 0 Å². The molecule has 0 radical (unpaired) electrons. The lowest BCUT2D eigenvalue weighted by Gasteiger charge is -2.56. The number of nitrogens with two attached hydrogens (primary N) is 1. The maximum absolute atomic E-state index is 13.9. The largest absolute Gasteiger partial charge is 0.477 e. The lowest BCUT2D eigenvalue weighted by Crippen LogP contribution is -2.85. The average Bonchev–Trinajstić information content (AvgIpc) is 3.57. The number of piperazine rings is 1. The van der Waals surface area contributed by atoms with Gasteiger partial charge in [0.1, 0.15) is 22.6 Å². The minimum Gasteiger partial charge on any atom is -0.477 e. The number of hydrogen-bond donors (Lipinski definition) is 5. The van der Waals surface area contributed by atoms with E-state index in [2.05, 4.69) is 26.1 Å². The zero-order valence-electron chi connectivity index (χ0n) is 24.0. The number of urea groups is 1. The summed E-state index contributed by atoms with van der Waals surface area (Å²) in [5, 5.41) is 24.0. The number of carboxylic acid groups (broad SMARTS) is 1. The van der Waals surface area contributed by atoms with E-state index in [-0.39, 0.29) is 48.8 Å². The highest BCUT2D eigenvalue weighted by Gasteiger charge is 2.66. The lowest BCUT2D eigenvalue weighted by molar-refractivity contribution is -0.163. The number of benzene rings is 1. The van der Waals surface area contributed by atoms with Crippen molar-refractivity contribution in [1.82, 2.24) is 40.8 Å². The molecule has 3 aliphatic rings. The standard InChI is InChI=1S/C26H27N9O8S3/c1-2-33-7-8-34(20(39)19(33)38)24(43)30-16(13-3-5-15(27)6-4-13)18(37)31-26(28-11-36)22(42)35-17(21(40)41)14(9-44-23(26)35)10-45-25-32-29-12-46-25/h3-6,11-12,16,23H,2,7-10,27H2,1H3,(H,28,36)(H,30,43)(H,31,37)(H,40,41)/t16?,23-,26-/m1/s1. The van der Waals surface area contributed by atoms with Gasteiger partial charge in [-0.3, -0.25) is 33.8 Å². The molecule has 0 saturated carbocycles. The van der Waals surface area contributed by atoms with Gasteiger partial charge in [-0.2, -0.15) is 0 Å². The summed E-state index contributed by atoms with van der Waals surface area (Å²) < 4.78 is 0.609. The van der Waals surface area contributed by atoms with Crippen LogP contribution in [0.15, 0.2) is 45.4 Å². The molecule has 3 aliphatic heterocycles. The van der Waals surface area contributed by atoms with Crippen molar-refractivity contribution in [3.8, 4) is 0 Å². The van der Waals surface area contributed by atoms with Crippen LogP contribution in [0.1, 0.15) is 18.5 Å². The second-order valence-electron chi connectivity index (χ2n) is 10.0. The van der Waals surface area contributed by atoms with E-state index in [0.29, 0.717) is 20.5 Å². The Bertz CT molecular complexity index is 1620. The third-order valence-corrected chi connectivity index (χ3v) is 10.7. The van der Waals surface area contributed by atoms with E-state index >= 15 is 0 Å². The van der Waals surface area contributed by atoms with E-state index < -0.39 is 52.7 Å². The molecule has 3 atom stereocenters. The number of nitrogens with zero attached hydrogens (tertiary/aromatic N) is 5. The molecule has 1 unspecified atom stereocenters. The van der Waals surface area contributed by atoms with Crippen LogP contribution in [0, 0.1) is 0 Å². The van der Waals surface area contributed by atoms with Crippen molar-refractivity contribution in [2.75, 3.05) is 36.9 Å². The number of β-lactam (4-membered cyclic amide) rings is 1. The van der Waals surface area contributed by atoms with Crippen molar-refractivity contribution in [3.63, 3.8) is 0 Å². The van der Waals surface area contributed by atoms with Gasteiger partial charge in [-0.1, -0.05) is 35.2 Å². The van der Waals surface area contributed by atoms with E-state index in [1.54, 1.807) is 6.92 Å². The zero-order chi connectivity index (χ0) is 33.2. The van der Waals surface area contributed by atoms with Crippen LogP contribution in [0.25, 0.3) is 0 Å². The molecule has 0 aliphatic carbocycles. The SMILES string of the molecule is CCN1CCN(C(=O)NC(C(=O)N[C@]2(NC=O)C(=O)N3C(C(=O)O)=C(CSc4nncs4)CS[C@@H]32)c2ccc(N)cc2)C(=O)C1=O. The average molecular weight is 690 g/mol.